The summed E-state index contributed by atoms with van der Waals surface area (Å²) in [6.07, 6.45) is 6.87. The van der Waals surface area contributed by atoms with Crippen LogP contribution in [0.5, 0.6) is 0 Å². The van der Waals surface area contributed by atoms with Crippen LogP contribution in [0.2, 0.25) is 0 Å². The van der Waals surface area contributed by atoms with Gasteiger partial charge in [0.2, 0.25) is 0 Å². The SMILES string of the molecule is Cc1cnn(CCNc2ncncc2N)c1. The average Bonchev–Trinajstić information content (AvgIpc) is 2.67. The fourth-order valence-corrected chi connectivity index (χ4v) is 1.37. The molecule has 3 N–H and O–H groups in total. The molecule has 2 aromatic heterocycles. The number of nitrogens with one attached hydrogen (secondary N) is 1. The fourth-order valence-electron chi connectivity index (χ4n) is 1.37. The molecule has 0 atom stereocenters. The summed E-state index contributed by atoms with van der Waals surface area (Å²) >= 11 is 0. The first kappa shape index (κ1) is 10.4. The van der Waals surface area contributed by atoms with Crippen LogP contribution in [-0.4, -0.2) is 26.3 Å². The third kappa shape index (κ3) is 2.47. The van der Waals surface area contributed by atoms with Crippen molar-refractivity contribution in [2.75, 3.05) is 17.6 Å². The highest BCUT2D eigenvalue weighted by Gasteiger charge is 1.99. The number of hydrogen-bond donors (Lipinski definition) is 2. The van der Waals surface area contributed by atoms with Crippen molar-refractivity contribution >= 4 is 11.5 Å². The van der Waals surface area contributed by atoms with E-state index in [2.05, 4.69) is 20.4 Å². The molecule has 0 amide bonds. The first-order chi connectivity index (χ1) is 7.75. The second kappa shape index (κ2) is 4.61. The summed E-state index contributed by atoms with van der Waals surface area (Å²) in [5.74, 6) is 0.666. The number of aryl methyl sites for hydroxylation is 1. The van der Waals surface area contributed by atoms with E-state index in [1.807, 2.05) is 24.0 Å². The Morgan fingerprint density at radius 2 is 2.31 bits per heavy atom. The van der Waals surface area contributed by atoms with Crippen LogP contribution in [0.1, 0.15) is 5.56 Å². The summed E-state index contributed by atoms with van der Waals surface area (Å²) < 4.78 is 1.87. The Morgan fingerprint density at radius 3 is 3.00 bits per heavy atom. The number of aromatic nitrogens is 4. The number of hydrogen-bond acceptors (Lipinski definition) is 5. The summed E-state index contributed by atoms with van der Waals surface area (Å²) in [6, 6.07) is 0. The summed E-state index contributed by atoms with van der Waals surface area (Å²) in [4.78, 5) is 7.86. The predicted octanol–water partition coefficient (Wildman–Crippen LogP) is 0.676. The molecule has 2 rings (SSSR count). The Balaban J connectivity index is 1.87. The van der Waals surface area contributed by atoms with Crippen molar-refractivity contribution in [2.45, 2.75) is 13.5 Å². The van der Waals surface area contributed by atoms with Gasteiger partial charge in [-0.25, -0.2) is 9.97 Å². The van der Waals surface area contributed by atoms with Gasteiger partial charge in [0.1, 0.15) is 6.33 Å². The van der Waals surface area contributed by atoms with E-state index < -0.39 is 0 Å². The van der Waals surface area contributed by atoms with E-state index in [1.54, 1.807) is 6.20 Å². The second-order valence-corrected chi connectivity index (χ2v) is 3.53. The molecular formula is C10H14N6. The van der Waals surface area contributed by atoms with Crippen LogP contribution in [-0.2, 0) is 6.54 Å². The van der Waals surface area contributed by atoms with E-state index in [9.17, 15) is 0 Å². The maximum absolute atomic E-state index is 5.69. The molecule has 0 bridgehead atoms. The highest BCUT2D eigenvalue weighted by Crippen LogP contribution is 2.10. The Bertz CT molecular complexity index is 464. The molecule has 0 fully saturated rings. The maximum atomic E-state index is 5.69. The zero-order valence-electron chi connectivity index (χ0n) is 9.09. The van der Waals surface area contributed by atoms with Gasteiger partial charge in [0.25, 0.3) is 0 Å². The van der Waals surface area contributed by atoms with Crippen LogP contribution in [0, 0.1) is 6.92 Å². The molecule has 6 nitrogen and oxygen atoms in total. The topological polar surface area (TPSA) is 81.7 Å². The standard InChI is InChI=1S/C10H14N6/c1-8-4-15-16(6-8)3-2-13-10-9(11)5-12-7-14-10/h4-7H,2-3,11H2,1H3,(H,12,13,14). The minimum atomic E-state index is 0.555. The maximum Gasteiger partial charge on any atom is 0.152 e. The van der Waals surface area contributed by atoms with Gasteiger partial charge in [-0.2, -0.15) is 5.10 Å². The summed E-state index contributed by atoms with van der Waals surface area (Å²) in [5, 5.41) is 7.32. The molecule has 0 radical (unpaired) electrons. The van der Waals surface area contributed by atoms with E-state index in [0.29, 0.717) is 11.5 Å². The Kier molecular flexibility index (Phi) is 3.00. The number of nitrogens with zero attached hydrogens (tertiary/aromatic N) is 4. The van der Waals surface area contributed by atoms with Gasteiger partial charge in [-0.1, -0.05) is 0 Å². The molecule has 0 saturated carbocycles. The minimum absolute atomic E-state index is 0.555. The van der Waals surface area contributed by atoms with Crippen molar-refractivity contribution in [3.63, 3.8) is 0 Å². The van der Waals surface area contributed by atoms with E-state index in [0.717, 1.165) is 18.7 Å². The molecule has 84 valence electrons. The number of nitrogen functional groups attached to an aromatic ring is 1. The van der Waals surface area contributed by atoms with E-state index in [4.69, 9.17) is 5.73 Å². The van der Waals surface area contributed by atoms with Gasteiger partial charge >= 0.3 is 0 Å². The van der Waals surface area contributed by atoms with Gasteiger partial charge in [-0.3, -0.25) is 4.68 Å². The van der Waals surface area contributed by atoms with Crippen molar-refractivity contribution in [1.29, 1.82) is 0 Å². The third-order valence-corrected chi connectivity index (χ3v) is 2.14. The second-order valence-electron chi connectivity index (χ2n) is 3.53. The van der Waals surface area contributed by atoms with Crippen molar-refractivity contribution in [2.24, 2.45) is 0 Å². The minimum Gasteiger partial charge on any atom is -0.394 e. The van der Waals surface area contributed by atoms with E-state index >= 15 is 0 Å². The van der Waals surface area contributed by atoms with Crippen LogP contribution >= 0.6 is 0 Å². The number of rotatable bonds is 4. The van der Waals surface area contributed by atoms with Gasteiger partial charge in [0.15, 0.2) is 5.82 Å². The lowest BCUT2D eigenvalue weighted by Crippen LogP contribution is -2.12. The molecule has 0 aliphatic carbocycles. The smallest absolute Gasteiger partial charge is 0.152 e. The molecule has 0 spiro atoms. The summed E-state index contributed by atoms with van der Waals surface area (Å²) in [7, 11) is 0. The molecule has 2 heterocycles. The lowest BCUT2D eigenvalue weighted by Gasteiger charge is -2.07. The lowest BCUT2D eigenvalue weighted by atomic mass is 10.4. The molecule has 2 aromatic rings. The van der Waals surface area contributed by atoms with Crippen molar-refractivity contribution in [1.82, 2.24) is 19.7 Å². The summed E-state index contributed by atoms with van der Waals surface area (Å²) in [5.41, 5.74) is 7.40. The quantitative estimate of drug-likeness (QED) is 0.788. The average molecular weight is 218 g/mol. The first-order valence-corrected chi connectivity index (χ1v) is 5.04. The molecule has 0 aliphatic heterocycles. The van der Waals surface area contributed by atoms with Crippen molar-refractivity contribution in [3.8, 4) is 0 Å². The molecule has 16 heavy (non-hydrogen) atoms. The van der Waals surface area contributed by atoms with Crippen LogP contribution in [0.3, 0.4) is 0 Å². The van der Waals surface area contributed by atoms with Gasteiger partial charge in [-0.15, -0.1) is 0 Å². The van der Waals surface area contributed by atoms with Crippen molar-refractivity contribution in [3.05, 3.63) is 30.5 Å². The van der Waals surface area contributed by atoms with E-state index in [1.165, 1.54) is 6.33 Å². The molecule has 6 heteroatoms. The fraction of sp³-hybridized carbons (Fsp3) is 0.300. The monoisotopic (exact) mass is 218 g/mol. The molecule has 0 aromatic carbocycles. The number of nitrogens with two attached hydrogens (primary N) is 1. The molecule has 0 aliphatic rings. The van der Waals surface area contributed by atoms with Crippen LogP contribution in [0.25, 0.3) is 0 Å². The van der Waals surface area contributed by atoms with Gasteiger partial charge in [-0.05, 0) is 12.5 Å². The van der Waals surface area contributed by atoms with E-state index in [-0.39, 0.29) is 0 Å². The largest absolute Gasteiger partial charge is 0.394 e. The normalized spacial score (nSPS) is 10.3. The van der Waals surface area contributed by atoms with Crippen molar-refractivity contribution < 1.29 is 0 Å². The molecule has 0 unspecified atom stereocenters. The van der Waals surface area contributed by atoms with Gasteiger partial charge in [0.05, 0.1) is 24.6 Å². The molecular weight excluding hydrogens is 204 g/mol. The number of anilines is 2. The van der Waals surface area contributed by atoms with Crippen LogP contribution in [0.4, 0.5) is 11.5 Å². The van der Waals surface area contributed by atoms with Gasteiger partial charge in [0, 0.05) is 12.7 Å². The highest BCUT2D eigenvalue weighted by molar-refractivity contribution is 5.58. The molecule has 0 saturated heterocycles. The summed E-state index contributed by atoms with van der Waals surface area (Å²) in [6.45, 7) is 3.51. The first-order valence-electron chi connectivity index (χ1n) is 5.04. The Labute approximate surface area is 93.5 Å². The zero-order chi connectivity index (χ0) is 11.4. The lowest BCUT2D eigenvalue weighted by molar-refractivity contribution is 0.637. The third-order valence-electron chi connectivity index (χ3n) is 2.14. The zero-order valence-corrected chi connectivity index (χ0v) is 9.09. The van der Waals surface area contributed by atoms with Crippen LogP contribution in [0.15, 0.2) is 24.9 Å². The Morgan fingerprint density at radius 1 is 1.44 bits per heavy atom. The van der Waals surface area contributed by atoms with Crippen LogP contribution < -0.4 is 11.1 Å². The van der Waals surface area contributed by atoms with Gasteiger partial charge < -0.3 is 11.1 Å². The Hall–Kier alpha value is -2.11. The predicted molar refractivity (Wildman–Crippen MR) is 61.9 cm³/mol. The highest BCUT2D eigenvalue weighted by atomic mass is 15.3.